The van der Waals surface area contributed by atoms with Gasteiger partial charge < -0.3 is 9.80 Å². The van der Waals surface area contributed by atoms with Crippen molar-refractivity contribution in [3.63, 3.8) is 0 Å². The first kappa shape index (κ1) is 13.4. The molecule has 2 rings (SSSR count). The third kappa shape index (κ3) is 3.45. The second-order valence-corrected chi connectivity index (χ2v) is 6.72. The highest BCUT2D eigenvalue weighted by Crippen LogP contribution is 2.30. The third-order valence-electron chi connectivity index (χ3n) is 4.76. The summed E-state index contributed by atoms with van der Waals surface area (Å²) in [5.74, 6) is 1.96. The zero-order valence-electron chi connectivity index (χ0n) is 12.2. The van der Waals surface area contributed by atoms with E-state index in [1.807, 2.05) is 0 Å². The van der Waals surface area contributed by atoms with E-state index in [1.54, 1.807) is 0 Å². The van der Waals surface area contributed by atoms with E-state index >= 15 is 0 Å². The predicted molar refractivity (Wildman–Crippen MR) is 74.2 cm³/mol. The van der Waals surface area contributed by atoms with Crippen LogP contribution >= 0.6 is 0 Å². The standard InChI is InChI=1S/C15H30N2/c1-12(2)16-7-5-14(10-16)9-15-6-8-17(11-15)13(3)4/h12-15H,5-11H2,1-4H3. The van der Waals surface area contributed by atoms with Gasteiger partial charge in [-0.2, -0.15) is 0 Å². The molecule has 0 aromatic carbocycles. The molecule has 0 saturated carbocycles. The van der Waals surface area contributed by atoms with Crippen molar-refractivity contribution in [2.45, 2.75) is 59.0 Å². The predicted octanol–water partition coefficient (Wildman–Crippen LogP) is 2.84. The minimum absolute atomic E-state index is 0.746. The van der Waals surface area contributed by atoms with Crippen molar-refractivity contribution in [3.05, 3.63) is 0 Å². The van der Waals surface area contributed by atoms with E-state index in [4.69, 9.17) is 0 Å². The van der Waals surface area contributed by atoms with Crippen molar-refractivity contribution >= 4 is 0 Å². The molecule has 0 aromatic rings. The van der Waals surface area contributed by atoms with Crippen LogP contribution in [0.1, 0.15) is 47.0 Å². The summed E-state index contributed by atoms with van der Waals surface area (Å²) in [6, 6.07) is 1.49. The molecule has 2 aliphatic heterocycles. The Bertz CT molecular complexity index is 213. The maximum atomic E-state index is 2.65. The second kappa shape index (κ2) is 5.71. The molecule has 2 heterocycles. The Hall–Kier alpha value is -0.0800. The zero-order valence-corrected chi connectivity index (χ0v) is 12.2. The second-order valence-electron chi connectivity index (χ2n) is 6.72. The van der Waals surface area contributed by atoms with E-state index in [-0.39, 0.29) is 0 Å². The molecule has 17 heavy (non-hydrogen) atoms. The van der Waals surface area contributed by atoms with Gasteiger partial charge >= 0.3 is 0 Å². The SMILES string of the molecule is CC(C)N1CCC(CC2CCN(C(C)C)C2)C1. The van der Waals surface area contributed by atoms with Crippen LogP contribution in [0.5, 0.6) is 0 Å². The van der Waals surface area contributed by atoms with Crippen molar-refractivity contribution < 1.29 is 0 Å². The Morgan fingerprint density at radius 3 is 1.53 bits per heavy atom. The van der Waals surface area contributed by atoms with E-state index in [2.05, 4.69) is 37.5 Å². The molecule has 0 bridgehead atoms. The average molecular weight is 238 g/mol. The van der Waals surface area contributed by atoms with E-state index < -0.39 is 0 Å². The smallest absolute Gasteiger partial charge is 0.00387 e. The quantitative estimate of drug-likeness (QED) is 0.743. The molecule has 2 aliphatic rings. The summed E-state index contributed by atoms with van der Waals surface area (Å²) < 4.78 is 0. The van der Waals surface area contributed by atoms with Crippen LogP contribution in [0.4, 0.5) is 0 Å². The lowest BCUT2D eigenvalue weighted by atomic mass is 9.93. The van der Waals surface area contributed by atoms with Gasteiger partial charge in [0.05, 0.1) is 0 Å². The number of hydrogen-bond acceptors (Lipinski definition) is 2. The minimum Gasteiger partial charge on any atom is -0.301 e. The van der Waals surface area contributed by atoms with Gasteiger partial charge in [-0.15, -0.1) is 0 Å². The van der Waals surface area contributed by atoms with E-state index in [0.717, 1.165) is 23.9 Å². The van der Waals surface area contributed by atoms with Crippen LogP contribution in [0.3, 0.4) is 0 Å². The van der Waals surface area contributed by atoms with Gasteiger partial charge in [0.2, 0.25) is 0 Å². The van der Waals surface area contributed by atoms with Gasteiger partial charge in [-0.05, 0) is 71.9 Å². The van der Waals surface area contributed by atoms with Crippen molar-refractivity contribution in [1.82, 2.24) is 9.80 Å². The van der Waals surface area contributed by atoms with Crippen LogP contribution in [0.2, 0.25) is 0 Å². The van der Waals surface area contributed by atoms with Crippen molar-refractivity contribution in [2.75, 3.05) is 26.2 Å². The molecule has 2 unspecified atom stereocenters. The summed E-state index contributed by atoms with van der Waals surface area (Å²) >= 11 is 0. The van der Waals surface area contributed by atoms with Crippen molar-refractivity contribution in [2.24, 2.45) is 11.8 Å². The fourth-order valence-electron chi connectivity index (χ4n) is 3.52. The summed E-state index contributed by atoms with van der Waals surface area (Å²) in [6.45, 7) is 14.7. The van der Waals surface area contributed by atoms with Gasteiger partial charge in [-0.25, -0.2) is 0 Å². The minimum atomic E-state index is 0.746. The highest BCUT2D eigenvalue weighted by Gasteiger charge is 2.30. The van der Waals surface area contributed by atoms with Gasteiger partial charge in [0.1, 0.15) is 0 Å². The summed E-state index contributed by atoms with van der Waals surface area (Å²) in [6.07, 6.45) is 4.36. The lowest BCUT2D eigenvalue weighted by Crippen LogP contribution is -2.29. The van der Waals surface area contributed by atoms with Crippen LogP contribution < -0.4 is 0 Å². The van der Waals surface area contributed by atoms with Gasteiger partial charge in [0.25, 0.3) is 0 Å². The molecular formula is C15H30N2. The number of hydrogen-bond donors (Lipinski definition) is 0. The van der Waals surface area contributed by atoms with Gasteiger partial charge in [-0.1, -0.05) is 0 Å². The first-order chi connectivity index (χ1) is 8.06. The lowest BCUT2D eigenvalue weighted by Gasteiger charge is -2.22. The summed E-state index contributed by atoms with van der Waals surface area (Å²) in [7, 11) is 0. The molecule has 0 aliphatic carbocycles. The first-order valence-electron chi connectivity index (χ1n) is 7.54. The summed E-state index contributed by atoms with van der Waals surface area (Å²) in [5, 5.41) is 0. The van der Waals surface area contributed by atoms with Crippen LogP contribution in [0.15, 0.2) is 0 Å². The molecule has 2 fully saturated rings. The van der Waals surface area contributed by atoms with Gasteiger partial charge in [0.15, 0.2) is 0 Å². The fourth-order valence-corrected chi connectivity index (χ4v) is 3.52. The lowest BCUT2D eigenvalue weighted by molar-refractivity contribution is 0.243. The molecule has 2 saturated heterocycles. The maximum absolute atomic E-state index is 2.65. The van der Waals surface area contributed by atoms with Gasteiger partial charge in [-0.3, -0.25) is 0 Å². The molecule has 0 radical (unpaired) electrons. The highest BCUT2D eigenvalue weighted by atomic mass is 15.2. The number of rotatable bonds is 4. The Morgan fingerprint density at radius 2 is 1.24 bits per heavy atom. The Kier molecular flexibility index (Phi) is 4.48. The molecule has 2 atom stereocenters. The number of likely N-dealkylation sites (tertiary alicyclic amines) is 2. The van der Waals surface area contributed by atoms with Crippen molar-refractivity contribution in [3.8, 4) is 0 Å². The van der Waals surface area contributed by atoms with Crippen LogP contribution in [-0.4, -0.2) is 48.1 Å². The largest absolute Gasteiger partial charge is 0.301 e. The normalized spacial score (nSPS) is 32.1. The Morgan fingerprint density at radius 1 is 0.824 bits per heavy atom. The van der Waals surface area contributed by atoms with E-state index in [1.165, 1.54) is 45.4 Å². The number of nitrogens with zero attached hydrogens (tertiary/aromatic N) is 2. The Labute approximate surface area is 107 Å². The monoisotopic (exact) mass is 238 g/mol. The van der Waals surface area contributed by atoms with Crippen LogP contribution in [0, 0.1) is 11.8 Å². The summed E-state index contributed by atoms with van der Waals surface area (Å²) in [4.78, 5) is 5.31. The van der Waals surface area contributed by atoms with Gasteiger partial charge in [0, 0.05) is 25.2 Å². The molecule has 0 amide bonds. The highest BCUT2D eigenvalue weighted by molar-refractivity contribution is 4.84. The third-order valence-corrected chi connectivity index (χ3v) is 4.76. The molecule has 0 spiro atoms. The first-order valence-corrected chi connectivity index (χ1v) is 7.54. The molecule has 0 N–H and O–H groups in total. The summed E-state index contributed by atoms with van der Waals surface area (Å²) in [5.41, 5.74) is 0. The van der Waals surface area contributed by atoms with E-state index in [9.17, 15) is 0 Å². The molecule has 2 heteroatoms. The molecule has 0 aromatic heterocycles. The Balaban J connectivity index is 1.73. The molecular weight excluding hydrogens is 208 g/mol. The zero-order chi connectivity index (χ0) is 12.4. The van der Waals surface area contributed by atoms with Crippen molar-refractivity contribution in [1.29, 1.82) is 0 Å². The topological polar surface area (TPSA) is 6.48 Å². The average Bonchev–Trinajstić information content (AvgIpc) is 2.87. The fraction of sp³-hybridized carbons (Fsp3) is 1.00. The van der Waals surface area contributed by atoms with E-state index in [0.29, 0.717) is 0 Å². The van der Waals surface area contributed by atoms with Crippen LogP contribution in [0.25, 0.3) is 0 Å². The molecule has 2 nitrogen and oxygen atoms in total. The molecule has 100 valence electrons. The van der Waals surface area contributed by atoms with Crippen LogP contribution in [-0.2, 0) is 0 Å². The maximum Gasteiger partial charge on any atom is 0.00387 e.